The molecule has 1 aliphatic rings. The monoisotopic (exact) mass is 325 g/mol. The van der Waals surface area contributed by atoms with Gasteiger partial charge in [-0.05, 0) is 25.0 Å². The molecule has 0 heterocycles. The molecule has 0 radical (unpaired) electrons. The van der Waals surface area contributed by atoms with Crippen molar-refractivity contribution in [1.29, 1.82) is 0 Å². The molecule has 2 rings (SSSR count). The molecule has 1 aliphatic carbocycles. The highest BCUT2D eigenvalue weighted by Crippen LogP contribution is 2.15. The second kappa shape index (κ2) is 6.67. The normalized spacial score (nSPS) is 14.9. The van der Waals surface area contributed by atoms with Crippen LogP contribution < -0.4 is 10.0 Å². The van der Waals surface area contributed by atoms with E-state index < -0.39 is 20.9 Å². The van der Waals surface area contributed by atoms with Crippen LogP contribution in [0, 0.1) is 10.1 Å². The largest absolute Gasteiger partial charge is 0.352 e. The topological polar surface area (TPSA) is 118 Å². The first-order valence-corrected chi connectivity index (χ1v) is 8.05. The standard InChI is InChI=1S/C13H15N3O5S/c17-13(15-10-3-1-2-4-10)9-14-22(20,21)12-7-5-11(6-8-12)16(18)19/h1-2,5-8,10,14H,3-4,9H2,(H,15,17). The van der Waals surface area contributed by atoms with E-state index in [4.69, 9.17) is 0 Å². The Morgan fingerprint density at radius 3 is 2.36 bits per heavy atom. The van der Waals surface area contributed by atoms with Crippen LogP contribution in [0.3, 0.4) is 0 Å². The SMILES string of the molecule is O=C(CNS(=O)(=O)c1ccc([N+](=O)[O-])cc1)NC1CC=CC1. The predicted octanol–water partition coefficient (Wildman–Crippen LogP) is 0.708. The Kier molecular flexibility index (Phi) is 4.88. The number of amides is 1. The second-order valence-corrected chi connectivity index (χ2v) is 6.55. The summed E-state index contributed by atoms with van der Waals surface area (Å²) in [6.07, 6.45) is 5.37. The zero-order valence-corrected chi connectivity index (χ0v) is 12.4. The first-order valence-electron chi connectivity index (χ1n) is 6.57. The van der Waals surface area contributed by atoms with Crippen molar-refractivity contribution >= 4 is 21.6 Å². The van der Waals surface area contributed by atoms with Gasteiger partial charge in [-0.25, -0.2) is 13.1 Å². The van der Waals surface area contributed by atoms with Crippen molar-refractivity contribution in [1.82, 2.24) is 10.0 Å². The summed E-state index contributed by atoms with van der Waals surface area (Å²) in [4.78, 5) is 21.4. The highest BCUT2D eigenvalue weighted by atomic mass is 32.2. The Balaban J connectivity index is 1.92. The number of carbonyl (C=O) groups excluding carboxylic acids is 1. The minimum Gasteiger partial charge on any atom is -0.352 e. The Labute approximate surface area is 127 Å². The van der Waals surface area contributed by atoms with Gasteiger partial charge in [-0.15, -0.1) is 0 Å². The van der Waals surface area contributed by atoms with E-state index in [0.29, 0.717) is 0 Å². The number of nitro groups is 1. The van der Waals surface area contributed by atoms with Gasteiger partial charge in [0.05, 0.1) is 16.4 Å². The van der Waals surface area contributed by atoms with Crippen molar-refractivity contribution in [2.45, 2.75) is 23.8 Å². The van der Waals surface area contributed by atoms with E-state index in [1.165, 1.54) is 0 Å². The molecular formula is C13H15N3O5S. The summed E-state index contributed by atoms with van der Waals surface area (Å²) in [5.41, 5.74) is -0.203. The smallest absolute Gasteiger partial charge is 0.269 e. The van der Waals surface area contributed by atoms with Crippen molar-refractivity contribution in [3.05, 3.63) is 46.5 Å². The first-order chi connectivity index (χ1) is 10.4. The van der Waals surface area contributed by atoms with Crippen LogP contribution in [0.1, 0.15) is 12.8 Å². The average Bonchev–Trinajstić information content (AvgIpc) is 2.98. The number of nitrogens with one attached hydrogen (secondary N) is 2. The number of non-ortho nitro benzene ring substituents is 1. The van der Waals surface area contributed by atoms with Gasteiger partial charge in [-0.2, -0.15) is 0 Å². The molecule has 0 fully saturated rings. The summed E-state index contributed by atoms with van der Waals surface area (Å²) in [6, 6.07) is 4.45. The molecule has 0 aromatic heterocycles. The summed E-state index contributed by atoms with van der Waals surface area (Å²) >= 11 is 0. The van der Waals surface area contributed by atoms with Crippen LogP contribution in [-0.4, -0.2) is 31.8 Å². The minimum atomic E-state index is -3.88. The maximum Gasteiger partial charge on any atom is 0.269 e. The van der Waals surface area contributed by atoms with Gasteiger partial charge in [0.1, 0.15) is 0 Å². The number of benzene rings is 1. The van der Waals surface area contributed by atoms with Crippen LogP contribution in [0.15, 0.2) is 41.3 Å². The molecule has 0 atom stereocenters. The number of carbonyl (C=O) groups is 1. The maximum atomic E-state index is 12.0. The van der Waals surface area contributed by atoms with E-state index >= 15 is 0 Å². The molecule has 0 aliphatic heterocycles. The summed E-state index contributed by atoms with van der Waals surface area (Å²) in [5.74, 6) is -0.417. The van der Waals surface area contributed by atoms with Crippen molar-refractivity contribution in [3.63, 3.8) is 0 Å². The fourth-order valence-electron chi connectivity index (χ4n) is 2.00. The van der Waals surface area contributed by atoms with Crippen molar-refractivity contribution in [2.24, 2.45) is 0 Å². The van der Waals surface area contributed by atoms with E-state index in [9.17, 15) is 23.3 Å². The average molecular weight is 325 g/mol. The molecule has 0 unspecified atom stereocenters. The number of nitro benzene ring substituents is 1. The van der Waals surface area contributed by atoms with Gasteiger partial charge in [0, 0.05) is 18.2 Å². The van der Waals surface area contributed by atoms with Crippen molar-refractivity contribution < 1.29 is 18.1 Å². The van der Waals surface area contributed by atoms with E-state index in [1.807, 2.05) is 12.2 Å². The Bertz CT molecular complexity index is 689. The molecule has 118 valence electrons. The third kappa shape index (κ3) is 4.12. The second-order valence-electron chi connectivity index (χ2n) is 4.78. The molecule has 1 aromatic rings. The molecule has 0 saturated heterocycles. The first kappa shape index (κ1) is 16.1. The number of sulfonamides is 1. The van der Waals surface area contributed by atoms with Crippen LogP contribution in [0.4, 0.5) is 5.69 Å². The summed E-state index contributed by atoms with van der Waals surface area (Å²) in [5, 5.41) is 13.2. The summed E-state index contributed by atoms with van der Waals surface area (Å²) < 4.78 is 26.1. The highest BCUT2D eigenvalue weighted by Gasteiger charge is 2.18. The van der Waals surface area contributed by atoms with Crippen molar-refractivity contribution in [2.75, 3.05) is 6.54 Å². The molecule has 8 nitrogen and oxygen atoms in total. The fourth-order valence-corrected chi connectivity index (χ4v) is 2.99. The van der Waals surface area contributed by atoms with Gasteiger partial charge in [0.25, 0.3) is 5.69 Å². The van der Waals surface area contributed by atoms with E-state index in [-0.39, 0.29) is 23.2 Å². The number of hydrogen-bond donors (Lipinski definition) is 2. The lowest BCUT2D eigenvalue weighted by atomic mass is 10.2. The molecule has 22 heavy (non-hydrogen) atoms. The van der Waals surface area contributed by atoms with Crippen molar-refractivity contribution in [3.8, 4) is 0 Å². The third-order valence-electron chi connectivity index (χ3n) is 3.15. The van der Waals surface area contributed by atoms with E-state index in [1.54, 1.807) is 0 Å². The van der Waals surface area contributed by atoms with Crippen LogP contribution in [0.25, 0.3) is 0 Å². The molecule has 0 bridgehead atoms. The number of nitrogens with zero attached hydrogens (tertiary/aromatic N) is 1. The lowest BCUT2D eigenvalue weighted by Gasteiger charge is -2.12. The predicted molar refractivity (Wildman–Crippen MR) is 78.6 cm³/mol. The van der Waals surface area contributed by atoms with Gasteiger partial charge in [0.15, 0.2) is 0 Å². The Hall–Kier alpha value is -2.26. The molecule has 0 saturated carbocycles. The highest BCUT2D eigenvalue weighted by molar-refractivity contribution is 7.89. The summed E-state index contributed by atoms with van der Waals surface area (Å²) in [6.45, 7) is -0.379. The minimum absolute atomic E-state index is 0.0105. The van der Waals surface area contributed by atoms with Crippen LogP contribution in [-0.2, 0) is 14.8 Å². The maximum absolute atomic E-state index is 12.0. The van der Waals surface area contributed by atoms with E-state index in [0.717, 1.165) is 37.1 Å². The third-order valence-corrected chi connectivity index (χ3v) is 4.57. The lowest BCUT2D eigenvalue weighted by molar-refractivity contribution is -0.384. The number of hydrogen-bond acceptors (Lipinski definition) is 5. The molecule has 1 amide bonds. The van der Waals surface area contributed by atoms with Gasteiger partial charge >= 0.3 is 0 Å². The van der Waals surface area contributed by atoms with Gasteiger partial charge in [0.2, 0.25) is 15.9 Å². The quantitative estimate of drug-likeness (QED) is 0.453. The Morgan fingerprint density at radius 2 is 1.82 bits per heavy atom. The van der Waals surface area contributed by atoms with Crippen LogP contribution in [0.5, 0.6) is 0 Å². The van der Waals surface area contributed by atoms with E-state index in [2.05, 4.69) is 10.0 Å². The van der Waals surface area contributed by atoms with Gasteiger partial charge in [-0.3, -0.25) is 14.9 Å². The fraction of sp³-hybridized carbons (Fsp3) is 0.308. The molecule has 9 heteroatoms. The molecule has 1 aromatic carbocycles. The Morgan fingerprint density at radius 1 is 1.23 bits per heavy atom. The molecule has 2 N–H and O–H groups in total. The van der Waals surface area contributed by atoms with Gasteiger partial charge < -0.3 is 5.32 Å². The summed E-state index contributed by atoms with van der Waals surface area (Å²) in [7, 11) is -3.88. The molecular weight excluding hydrogens is 310 g/mol. The van der Waals surface area contributed by atoms with Crippen LogP contribution in [0.2, 0.25) is 0 Å². The number of rotatable bonds is 6. The molecule has 0 spiro atoms. The zero-order valence-electron chi connectivity index (χ0n) is 11.6. The zero-order chi connectivity index (χ0) is 16.2. The van der Waals surface area contributed by atoms with Crippen LogP contribution >= 0.6 is 0 Å². The van der Waals surface area contributed by atoms with Gasteiger partial charge in [-0.1, -0.05) is 12.2 Å². The lowest BCUT2D eigenvalue weighted by Crippen LogP contribution is -2.41.